The van der Waals surface area contributed by atoms with E-state index in [9.17, 15) is 9.90 Å². The Hall–Kier alpha value is -1.39. The second kappa shape index (κ2) is 7.05. The molecule has 0 saturated carbocycles. The maximum atomic E-state index is 12.4. The van der Waals surface area contributed by atoms with Gasteiger partial charge < -0.3 is 14.7 Å². The fourth-order valence-electron chi connectivity index (χ4n) is 2.76. The lowest BCUT2D eigenvalue weighted by molar-refractivity contribution is -0.147. The van der Waals surface area contributed by atoms with E-state index < -0.39 is 6.10 Å². The summed E-state index contributed by atoms with van der Waals surface area (Å²) >= 11 is 0. The minimum atomic E-state index is -0.453. The molecule has 0 bridgehead atoms. The number of hydrogen-bond donors (Lipinski definition) is 1. The number of benzene rings is 1. The highest BCUT2D eigenvalue weighted by atomic mass is 16.5. The number of rotatable bonds is 5. The Balaban J connectivity index is 1.87. The molecule has 0 aliphatic carbocycles. The third kappa shape index (κ3) is 4.29. The normalized spacial score (nSPS) is 23.9. The molecule has 2 rings (SSSR count). The second-order valence-electron chi connectivity index (χ2n) is 6.27. The number of aliphatic hydroxyl groups excluding tert-OH is 1. The van der Waals surface area contributed by atoms with Crippen molar-refractivity contribution in [3.05, 3.63) is 35.9 Å². The van der Waals surface area contributed by atoms with E-state index in [4.69, 9.17) is 4.74 Å². The topological polar surface area (TPSA) is 49.8 Å². The van der Waals surface area contributed by atoms with Crippen molar-refractivity contribution in [3.63, 3.8) is 0 Å². The van der Waals surface area contributed by atoms with E-state index >= 15 is 0 Å². The third-order valence-electron chi connectivity index (χ3n) is 4.16. The summed E-state index contributed by atoms with van der Waals surface area (Å²) in [4.78, 5) is 14.3. The van der Waals surface area contributed by atoms with Gasteiger partial charge in [0, 0.05) is 18.5 Å². The third-order valence-corrected chi connectivity index (χ3v) is 4.16. The second-order valence-corrected chi connectivity index (χ2v) is 6.27. The van der Waals surface area contributed by atoms with Crippen molar-refractivity contribution >= 4 is 5.91 Å². The van der Waals surface area contributed by atoms with Crippen LogP contribution >= 0.6 is 0 Å². The van der Waals surface area contributed by atoms with Crippen LogP contribution in [0.5, 0.6) is 0 Å². The first-order valence-corrected chi connectivity index (χ1v) is 7.59. The van der Waals surface area contributed by atoms with Crippen LogP contribution in [-0.2, 0) is 16.1 Å². The van der Waals surface area contributed by atoms with E-state index in [0.29, 0.717) is 13.2 Å². The first-order chi connectivity index (χ1) is 10.0. The standard InChI is InChI=1S/C17H25NO3/c1-14(21-11-15-7-4-3-5-8-15)16(20)18-10-6-9-17(2,12-18)13-19/h3-5,7-8,14,19H,6,9-13H2,1-2H3/t14-,17-/m1/s1. The fraction of sp³-hybridized carbons (Fsp3) is 0.588. The van der Waals surface area contributed by atoms with Crippen LogP contribution in [0.2, 0.25) is 0 Å². The van der Waals surface area contributed by atoms with Crippen LogP contribution in [0.4, 0.5) is 0 Å². The van der Waals surface area contributed by atoms with Crippen LogP contribution in [-0.4, -0.2) is 41.7 Å². The fourth-order valence-corrected chi connectivity index (χ4v) is 2.76. The van der Waals surface area contributed by atoms with Gasteiger partial charge in [-0.3, -0.25) is 4.79 Å². The zero-order valence-corrected chi connectivity index (χ0v) is 12.9. The predicted octanol–water partition coefficient (Wildman–Crippen LogP) is 2.21. The molecule has 1 N–H and O–H groups in total. The summed E-state index contributed by atoms with van der Waals surface area (Å²) < 4.78 is 5.69. The zero-order valence-electron chi connectivity index (χ0n) is 12.9. The van der Waals surface area contributed by atoms with Gasteiger partial charge in [-0.2, -0.15) is 0 Å². The SMILES string of the molecule is C[C@@H](OCc1ccccc1)C(=O)N1CCC[C@@](C)(CO)C1. The molecule has 2 atom stereocenters. The number of likely N-dealkylation sites (tertiary alicyclic amines) is 1. The molecule has 1 aromatic carbocycles. The highest BCUT2D eigenvalue weighted by Gasteiger charge is 2.34. The average molecular weight is 291 g/mol. The van der Waals surface area contributed by atoms with E-state index in [1.807, 2.05) is 42.2 Å². The molecule has 21 heavy (non-hydrogen) atoms. The smallest absolute Gasteiger partial charge is 0.251 e. The molecule has 1 aliphatic rings. The number of hydrogen-bond acceptors (Lipinski definition) is 3. The van der Waals surface area contributed by atoms with Gasteiger partial charge in [0.25, 0.3) is 5.91 Å². The maximum absolute atomic E-state index is 12.4. The quantitative estimate of drug-likeness (QED) is 0.905. The van der Waals surface area contributed by atoms with Crippen molar-refractivity contribution in [3.8, 4) is 0 Å². The summed E-state index contributed by atoms with van der Waals surface area (Å²) in [5.41, 5.74) is 0.892. The van der Waals surface area contributed by atoms with Gasteiger partial charge in [0.2, 0.25) is 0 Å². The Bertz CT molecular complexity index is 462. The van der Waals surface area contributed by atoms with Crippen molar-refractivity contribution in [1.82, 2.24) is 4.90 Å². The first kappa shape index (κ1) is 16.0. The van der Waals surface area contributed by atoms with Gasteiger partial charge in [-0.1, -0.05) is 37.3 Å². The summed E-state index contributed by atoms with van der Waals surface area (Å²) in [7, 11) is 0. The largest absolute Gasteiger partial charge is 0.396 e. The first-order valence-electron chi connectivity index (χ1n) is 7.59. The molecule has 1 saturated heterocycles. The number of amides is 1. The monoisotopic (exact) mass is 291 g/mol. The van der Waals surface area contributed by atoms with Gasteiger partial charge in [-0.15, -0.1) is 0 Å². The van der Waals surface area contributed by atoms with Crippen molar-refractivity contribution in [2.75, 3.05) is 19.7 Å². The molecule has 116 valence electrons. The molecular formula is C17H25NO3. The molecule has 4 heteroatoms. The number of piperidine rings is 1. The minimum Gasteiger partial charge on any atom is -0.396 e. The Morgan fingerprint density at radius 1 is 1.43 bits per heavy atom. The maximum Gasteiger partial charge on any atom is 0.251 e. The summed E-state index contributed by atoms with van der Waals surface area (Å²) in [5, 5.41) is 9.47. The van der Waals surface area contributed by atoms with Crippen LogP contribution in [0.15, 0.2) is 30.3 Å². The Kier molecular flexibility index (Phi) is 5.37. The van der Waals surface area contributed by atoms with Crippen LogP contribution in [0.25, 0.3) is 0 Å². The van der Waals surface area contributed by atoms with Crippen LogP contribution in [0, 0.1) is 5.41 Å². The molecule has 1 fully saturated rings. The summed E-state index contributed by atoms with van der Waals surface area (Å²) in [6, 6.07) is 9.86. The minimum absolute atomic E-state index is 0.0188. The van der Waals surface area contributed by atoms with E-state index in [1.165, 1.54) is 0 Å². The van der Waals surface area contributed by atoms with Crippen molar-refractivity contribution in [2.24, 2.45) is 5.41 Å². The lowest BCUT2D eigenvalue weighted by Gasteiger charge is -2.40. The van der Waals surface area contributed by atoms with Crippen LogP contribution < -0.4 is 0 Å². The van der Waals surface area contributed by atoms with E-state index in [0.717, 1.165) is 24.9 Å². The molecule has 1 aliphatic heterocycles. The lowest BCUT2D eigenvalue weighted by Crippen LogP contribution is -2.49. The highest BCUT2D eigenvalue weighted by Crippen LogP contribution is 2.29. The molecule has 4 nitrogen and oxygen atoms in total. The van der Waals surface area contributed by atoms with Gasteiger partial charge in [0.1, 0.15) is 6.10 Å². The summed E-state index contributed by atoms with van der Waals surface area (Å²) in [6.45, 7) is 5.77. The van der Waals surface area contributed by atoms with Crippen molar-refractivity contribution in [1.29, 1.82) is 0 Å². The van der Waals surface area contributed by atoms with Crippen molar-refractivity contribution in [2.45, 2.75) is 39.4 Å². The molecule has 1 amide bonds. The Morgan fingerprint density at radius 3 is 2.81 bits per heavy atom. The van der Waals surface area contributed by atoms with Gasteiger partial charge in [-0.25, -0.2) is 0 Å². The average Bonchev–Trinajstić information content (AvgIpc) is 2.53. The Morgan fingerprint density at radius 2 is 2.14 bits per heavy atom. The van der Waals surface area contributed by atoms with Gasteiger partial charge >= 0.3 is 0 Å². The number of carbonyl (C=O) groups excluding carboxylic acids is 1. The van der Waals surface area contributed by atoms with Crippen LogP contribution in [0.3, 0.4) is 0 Å². The molecule has 0 radical (unpaired) electrons. The van der Waals surface area contributed by atoms with Crippen LogP contribution in [0.1, 0.15) is 32.3 Å². The van der Waals surface area contributed by atoms with Crippen molar-refractivity contribution < 1.29 is 14.6 Å². The molecule has 1 aromatic rings. The van der Waals surface area contributed by atoms with Gasteiger partial charge in [0.05, 0.1) is 13.2 Å². The number of carbonyl (C=O) groups is 1. The molecule has 0 spiro atoms. The number of ether oxygens (including phenoxy) is 1. The van der Waals surface area contributed by atoms with E-state index in [-0.39, 0.29) is 17.9 Å². The molecular weight excluding hydrogens is 266 g/mol. The zero-order chi connectivity index (χ0) is 15.3. The highest BCUT2D eigenvalue weighted by molar-refractivity contribution is 5.80. The molecule has 0 aromatic heterocycles. The van der Waals surface area contributed by atoms with E-state index in [2.05, 4.69) is 0 Å². The van der Waals surface area contributed by atoms with Gasteiger partial charge in [-0.05, 0) is 25.3 Å². The number of aliphatic hydroxyl groups is 1. The van der Waals surface area contributed by atoms with Gasteiger partial charge in [0.15, 0.2) is 0 Å². The summed E-state index contributed by atoms with van der Waals surface area (Å²) in [5.74, 6) is 0.0188. The molecule has 1 heterocycles. The molecule has 0 unspecified atom stereocenters. The summed E-state index contributed by atoms with van der Waals surface area (Å²) in [6.07, 6.45) is 1.45. The van der Waals surface area contributed by atoms with E-state index in [1.54, 1.807) is 6.92 Å². The number of nitrogens with zero attached hydrogens (tertiary/aromatic N) is 1. The lowest BCUT2D eigenvalue weighted by atomic mass is 9.82. The Labute approximate surface area is 126 Å². The predicted molar refractivity (Wildman–Crippen MR) is 81.7 cm³/mol.